The van der Waals surface area contributed by atoms with Crippen molar-refractivity contribution in [1.82, 2.24) is 0 Å². The Kier molecular flexibility index (Phi) is 7.29. The molecule has 0 aromatic heterocycles. The lowest BCUT2D eigenvalue weighted by atomic mass is 10.2. The van der Waals surface area contributed by atoms with E-state index in [2.05, 4.69) is 9.44 Å². The van der Waals surface area contributed by atoms with Crippen molar-refractivity contribution in [2.24, 2.45) is 0 Å². The summed E-state index contributed by atoms with van der Waals surface area (Å²) in [6.45, 7) is 7.20. The van der Waals surface area contributed by atoms with E-state index in [0.717, 1.165) is 11.1 Å². The van der Waals surface area contributed by atoms with E-state index in [9.17, 15) is 16.8 Å². The van der Waals surface area contributed by atoms with Gasteiger partial charge in [0.05, 0.1) is 9.79 Å². The molecule has 0 amide bonds. The van der Waals surface area contributed by atoms with Crippen LogP contribution in [0, 0.1) is 27.7 Å². The van der Waals surface area contributed by atoms with Gasteiger partial charge in [0, 0.05) is 11.4 Å². The van der Waals surface area contributed by atoms with Gasteiger partial charge in [-0.25, -0.2) is 16.8 Å². The molecule has 0 atom stereocenters. The summed E-state index contributed by atoms with van der Waals surface area (Å²) in [4.78, 5) is 0.474. The van der Waals surface area contributed by atoms with Gasteiger partial charge >= 0.3 is 0 Å². The van der Waals surface area contributed by atoms with E-state index in [-0.39, 0.29) is 9.79 Å². The summed E-state index contributed by atoms with van der Waals surface area (Å²) in [5, 5.41) is 0. The maximum absolute atomic E-state index is 12.8. The van der Waals surface area contributed by atoms with E-state index >= 15 is 0 Å². The average molecular weight is 537 g/mol. The summed E-state index contributed by atoms with van der Waals surface area (Å²) in [5.41, 5.74) is 3.86. The largest absolute Gasteiger partial charge is 0.457 e. The van der Waals surface area contributed by atoms with Crippen LogP contribution in [0.1, 0.15) is 22.3 Å². The molecule has 7 nitrogen and oxygen atoms in total. The number of benzene rings is 4. The summed E-state index contributed by atoms with van der Waals surface area (Å²) in [7, 11) is -7.46. The SMILES string of the molecule is Cc1ccc(C)c(S(=O)(=O)Nc2ccc(Oc3ccc(NS(=O)(=O)c4cc(C)ccc4C)cc3)cc2)c1. The molecule has 0 bridgehead atoms. The van der Waals surface area contributed by atoms with Crippen LogP contribution in [-0.2, 0) is 20.0 Å². The summed E-state index contributed by atoms with van der Waals surface area (Å²) in [6.07, 6.45) is 0. The van der Waals surface area contributed by atoms with Crippen LogP contribution in [0.2, 0.25) is 0 Å². The second-order valence-corrected chi connectivity index (χ2v) is 12.2. The van der Waals surface area contributed by atoms with Crippen LogP contribution < -0.4 is 14.2 Å². The summed E-state index contributed by atoms with van der Waals surface area (Å²) < 4.78 is 62.3. The van der Waals surface area contributed by atoms with E-state index in [1.807, 2.05) is 26.0 Å². The van der Waals surface area contributed by atoms with Gasteiger partial charge < -0.3 is 4.74 Å². The third-order valence-electron chi connectivity index (χ3n) is 5.72. The highest BCUT2D eigenvalue weighted by atomic mass is 32.2. The topological polar surface area (TPSA) is 102 Å². The van der Waals surface area contributed by atoms with Crippen LogP contribution in [0.3, 0.4) is 0 Å². The lowest BCUT2D eigenvalue weighted by Crippen LogP contribution is -2.14. The Bertz CT molecular complexity index is 1520. The van der Waals surface area contributed by atoms with Crippen molar-refractivity contribution in [3.8, 4) is 11.5 Å². The Labute approximate surface area is 218 Å². The molecule has 0 unspecified atom stereocenters. The first-order valence-corrected chi connectivity index (χ1v) is 14.5. The molecule has 0 aliphatic heterocycles. The highest BCUT2D eigenvalue weighted by molar-refractivity contribution is 7.93. The van der Waals surface area contributed by atoms with Crippen LogP contribution in [0.15, 0.2) is 94.7 Å². The molecule has 0 spiro atoms. The summed E-state index contributed by atoms with van der Waals surface area (Å²) in [5.74, 6) is 0.997. The predicted molar refractivity (Wildman–Crippen MR) is 146 cm³/mol. The van der Waals surface area contributed by atoms with Crippen molar-refractivity contribution in [2.45, 2.75) is 37.5 Å². The quantitative estimate of drug-likeness (QED) is 0.275. The Morgan fingerprint density at radius 2 is 0.865 bits per heavy atom. The molecule has 4 rings (SSSR count). The molecule has 192 valence electrons. The standard InChI is InChI=1S/C28H28N2O5S2/c1-19-5-7-21(3)27(17-19)36(31,32)29-23-9-13-25(14-10-23)35-26-15-11-24(12-16-26)30-37(33,34)28-18-20(2)6-8-22(28)4/h5-18,29-30H,1-4H3. The molecule has 0 aliphatic rings. The molecule has 0 aliphatic carbocycles. The average Bonchev–Trinajstić information content (AvgIpc) is 2.84. The highest BCUT2D eigenvalue weighted by Gasteiger charge is 2.18. The Hall–Kier alpha value is -3.82. The van der Waals surface area contributed by atoms with Crippen molar-refractivity contribution >= 4 is 31.4 Å². The second-order valence-electron chi connectivity index (χ2n) is 8.90. The van der Waals surface area contributed by atoms with Crippen molar-refractivity contribution in [1.29, 1.82) is 0 Å². The van der Waals surface area contributed by atoms with Gasteiger partial charge in [0.1, 0.15) is 11.5 Å². The molecular formula is C28H28N2O5S2. The third kappa shape index (κ3) is 6.31. The molecule has 0 fully saturated rings. The number of ether oxygens (including phenoxy) is 1. The fourth-order valence-corrected chi connectivity index (χ4v) is 6.51. The van der Waals surface area contributed by atoms with Gasteiger partial charge in [0.2, 0.25) is 0 Å². The van der Waals surface area contributed by atoms with Crippen molar-refractivity contribution < 1.29 is 21.6 Å². The van der Waals surface area contributed by atoms with Crippen molar-refractivity contribution in [2.75, 3.05) is 9.44 Å². The maximum Gasteiger partial charge on any atom is 0.262 e. The minimum absolute atomic E-state index is 0.237. The molecule has 9 heteroatoms. The molecule has 4 aromatic rings. The molecule has 0 saturated heterocycles. The third-order valence-corrected chi connectivity index (χ3v) is 8.76. The maximum atomic E-state index is 12.8. The van der Waals surface area contributed by atoms with Crippen LogP contribution in [0.25, 0.3) is 0 Å². The van der Waals surface area contributed by atoms with E-state index in [0.29, 0.717) is 34.0 Å². The first-order valence-electron chi connectivity index (χ1n) is 11.5. The van der Waals surface area contributed by atoms with Gasteiger partial charge in [0.15, 0.2) is 0 Å². The number of aryl methyl sites for hydroxylation is 4. The number of anilines is 2. The monoisotopic (exact) mass is 536 g/mol. The van der Waals surface area contributed by atoms with Gasteiger partial charge in [-0.15, -0.1) is 0 Å². The first-order chi connectivity index (χ1) is 17.4. The van der Waals surface area contributed by atoms with Crippen molar-refractivity contribution in [3.05, 3.63) is 107 Å². The zero-order valence-electron chi connectivity index (χ0n) is 20.9. The molecule has 37 heavy (non-hydrogen) atoms. The molecular weight excluding hydrogens is 508 g/mol. The van der Waals surface area contributed by atoms with Gasteiger partial charge in [-0.1, -0.05) is 24.3 Å². The van der Waals surface area contributed by atoms with Crippen LogP contribution in [0.5, 0.6) is 11.5 Å². The highest BCUT2D eigenvalue weighted by Crippen LogP contribution is 2.27. The number of sulfonamides is 2. The fourth-order valence-electron chi connectivity index (χ4n) is 3.73. The van der Waals surface area contributed by atoms with Crippen LogP contribution in [0.4, 0.5) is 11.4 Å². The zero-order chi connectivity index (χ0) is 26.8. The number of rotatable bonds is 8. The van der Waals surface area contributed by atoms with E-state index < -0.39 is 20.0 Å². The smallest absolute Gasteiger partial charge is 0.262 e. The van der Waals surface area contributed by atoms with Gasteiger partial charge in [0.25, 0.3) is 20.0 Å². The van der Waals surface area contributed by atoms with Gasteiger partial charge in [-0.2, -0.15) is 0 Å². The number of nitrogens with one attached hydrogen (secondary N) is 2. The molecule has 4 aromatic carbocycles. The zero-order valence-corrected chi connectivity index (χ0v) is 22.6. The molecule has 0 heterocycles. The predicted octanol–water partition coefficient (Wildman–Crippen LogP) is 6.31. The van der Waals surface area contributed by atoms with E-state index in [4.69, 9.17) is 4.74 Å². The normalized spacial score (nSPS) is 11.7. The van der Waals surface area contributed by atoms with Crippen LogP contribution >= 0.6 is 0 Å². The van der Waals surface area contributed by atoms with Crippen molar-refractivity contribution in [3.63, 3.8) is 0 Å². The van der Waals surface area contributed by atoms with Crippen LogP contribution in [-0.4, -0.2) is 16.8 Å². The van der Waals surface area contributed by atoms with E-state index in [1.165, 1.54) is 0 Å². The summed E-state index contributed by atoms with van der Waals surface area (Å²) in [6, 6.07) is 23.6. The Balaban J connectivity index is 1.42. The van der Waals surface area contributed by atoms with Gasteiger partial charge in [-0.05, 0) is 111 Å². The minimum atomic E-state index is -3.73. The Morgan fingerprint density at radius 3 is 1.22 bits per heavy atom. The molecule has 0 radical (unpaired) electrons. The molecule has 2 N–H and O–H groups in total. The second kappa shape index (κ2) is 10.3. The Morgan fingerprint density at radius 1 is 0.514 bits per heavy atom. The lowest BCUT2D eigenvalue weighted by Gasteiger charge is -2.13. The van der Waals surface area contributed by atoms with Gasteiger partial charge in [-0.3, -0.25) is 9.44 Å². The number of hydrogen-bond acceptors (Lipinski definition) is 5. The number of hydrogen-bond donors (Lipinski definition) is 2. The minimum Gasteiger partial charge on any atom is -0.457 e. The molecule has 0 saturated carbocycles. The fraction of sp³-hybridized carbons (Fsp3) is 0.143. The summed E-state index contributed by atoms with van der Waals surface area (Å²) >= 11 is 0. The van der Waals surface area contributed by atoms with E-state index in [1.54, 1.807) is 86.6 Å². The first kappa shape index (κ1) is 26.2. The lowest BCUT2D eigenvalue weighted by molar-refractivity contribution is 0.483.